The number of carbonyl (C=O) groups excluding carboxylic acids is 1. The summed E-state index contributed by atoms with van der Waals surface area (Å²) in [6.07, 6.45) is 1.94. The molecule has 0 fully saturated rings. The predicted octanol–water partition coefficient (Wildman–Crippen LogP) is 2.46. The third-order valence-corrected chi connectivity index (χ3v) is 6.69. The van der Waals surface area contributed by atoms with Gasteiger partial charge in [0.05, 0.1) is 21.7 Å². The van der Waals surface area contributed by atoms with E-state index in [1.807, 2.05) is 23.0 Å². The highest BCUT2D eigenvalue weighted by molar-refractivity contribution is 7.98. The molecule has 1 amide bonds. The smallest absolute Gasteiger partial charge is 0.279 e. The van der Waals surface area contributed by atoms with Crippen LogP contribution in [-0.4, -0.2) is 38.9 Å². The number of thiazole rings is 1. The Morgan fingerprint density at radius 3 is 2.75 bits per heavy atom. The number of primary sulfonamides is 1. The van der Waals surface area contributed by atoms with Crippen LogP contribution in [0.25, 0.3) is 10.2 Å². The summed E-state index contributed by atoms with van der Waals surface area (Å²) in [5, 5.41) is 5.23. The van der Waals surface area contributed by atoms with Crippen molar-refractivity contribution >= 4 is 49.2 Å². The Morgan fingerprint density at radius 2 is 2.07 bits per heavy atom. The Bertz CT molecular complexity index is 1200. The Morgan fingerprint density at radius 1 is 1.29 bits per heavy atom. The predicted molar refractivity (Wildman–Crippen MR) is 111 cm³/mol. The maximum absolute atomic E-state index is 12.7. The second kappa shape index (κ2) is 8.58. The summed E-state index contributed by atoms with van der Waals surface area (Å²) >= 11 is 2.78. The standard InChI is InChI=1S/C18H19N3O4S3/c1-25-9-8-21-15-7-6-14(28(19,23)24)11-16(15)27-18(21)20-17(22)12-4-3-5-13(10-12)26-2/h3-7,10-11H,8-9H2,1-2H3,(H2,19,23,24). The molecule has 0 spiro atoms. The maximum atomic E-state index is 12.7. The van der Waals surface area contributed by atoms with Gasteiger partial charge in [-0.3, -0.25) is 4.79 Å². The van der Waals surface area contributed by atoms with Crippen LogP contribution in [-0.2, 0) is 21.3 Å². The highest BCUT2D eigenvalue weighted by atomic mass is 32.2. The number of nitrogens with zero attached hydrogens (tertiary/aromatic N) is 2. The van der Waals surface area contributed by atoms with Gasteiger partial charge in [-0.2, -0.15) is 4.99 Å². The Hall–Kier alpha value is -1.98. The van der Waals surface area contributed by atoms with Crippen molar-refractivity contribution in [3.63, 3.8) is 0 Å². The van der Waals surface area contributed by atoms with E-state index < -0.39 is 10.0 Å². The molecule has 0 bridgehead atoms. The van der Waals surface area contributed by atoms with Crippen LogP contribution in [0.5, 0.6) is 0 Å². The van der Waals surface area contributed by atoms with Gasteiger partial charge in [0.1, 0.15) is 0 Å². The van der Waals surface area contributed by atoms with Crippen LogP contribution in [0.15, 0.2) is 57.2 Å². The van der Waals surface area contributed by atoms with Gasteiger partial charge in [-0.25, -0.2) is 13.6 Å². The first-order valence-electron chi connectivity index (χ1n) is 8.21. The van der Waals surface area contributed by atoms with Gasteiger partial charge in [0, 0.05) is 24.1 Å². The number of benzene rings is 2. The molecule has 0 aliphatic rings. The molecule has 1 heterocycles. The topological polar surface area (TPSA) is 104 Å². The zero-order valence-electron chi connectivity index (χ0n) is 15.3. The lowest BCUT2D eigenvalue weighted by molar-refractivity contribution is 0.0997. The number of amides is 1. The zero-order valence-corrected chi connectivity index (χ0v) is 17.7. The second-order valence-corrected chi connectivity index (χ2v) is 9.30. The number of nitrogens with two attached hydrogens (primary N) is 1. The summed E-state index contributed by atoms with van der Waals surface area (Å²) in [4.78, 5) is 18.4. The van der Waals surface area contributed by atoms with Crippen LogP contribution in [0.3, 0.4) is 0 Å². The fraction of sp³-hybridized carbons (Fsp3) is 0.222. The summed E-state index contributed by atoms with van der Waals surface area (Å²) < 4.78 is 30.9. The second-order valence-electron chi connectivity index (χ2n) is 5.85. The third-order valence-electron chi connectivity index (χ3n) is 4.02. The van der Waals surface area contributed by atoms with Crippen molar-refractivity contribution in [3.05, 3.63) is 52.8 Å². The summed E-state index contributed by atoms with van der Waals surface area (Å²) in [6, 6.07) is 11.9. The first kappa shape index (κ1) is 20.7. The summed E-state index contributed by atoms with van der Waals surface area (Å²) in [7, 11) is -2.23. The number of hydrogen-bond donors (Lipinski definition) is 1. The molecule has 1 aromatic heterocycles. The van der Waals surface area contributed by atoms with Crippen LogP contribution in [0.2, 0.25) is 0 Å². The SMILES string of the molecule is COCCn1c(=NC(=O)c2cccc(SC)c2)sc2cc(S(N)(=O)=O)ccc21. The number of ether oxygens (including phenoxy) is 1. The van der Waals surface area contributed by atoms with Gasteiger partial charge in [0.15, 0.2) is 4.80 Å². The average Bonchev–Trinajstić information content (AvgIpc) is 3.01. The van der Waals surface area contributed by atoms with Gasteiger partial charge in [0.2, 0.25) is 10.0 Å². The van der Waals surface area contributed by atoms with Crippen LogP contribution >= 0.6 is 23.1 Å². The van der Waals surface area contributed by atoms with E-state index in [4.69, 9.17) is 9.88 Å². The molecule has 3 aromatic rings. The van der Waals surface area contributed by atoms with Crippen molar-refractivity contribution in [3.8, 4) is 0 Å². The lowest BCUT2D eigenvalue weighted by Crippen LogP contribution is -2.19. The number of hydrogen-bond acceptors (Lipinski definition) is 6. The molecule has 0 aliphatic heterocycles. The molecular formula is C18H19N3O4S3. The normalized spacial score (nSPS) is 12.6. The minimum atomic E-state index is -3.82. The molecule has 28 heavy (non-hydrogen) atoms. The van der Waals surface area contributed by atoms with Gasteiger partial charge in [0.25, 0.3) is 5.91 Å². The molecule has 3 rings (SSSR count). The average molecular weight is 438 g/mol. The molecule has 0 saturated heterocycles. The van der Waals surface area contributed by atoms with Crippen molar-refractivity contribution < 1.29 is 17.9 Å². The maximum Gasteiger partial charge on any atom is 0.279 e. The first-order chi connectivity index (χ1) is 13.3. The molecule has 0 unspecified atom stereocenters. The van der Waals surface area contributed by atoms with E-state index in [0.717, 1.165) is 10.4 Å². The lowest BCUT2D eigenvalue weighted by Gasteiger charge is -2.05. The Kier molecular flexibility index (Phi) is 6.36. The van der Waals surface area contributed by atoms with Crippen molar-refractivity contribution in [2.75, 3.05) is 20.0 Å². The van der Waals surface area contributed by atoms with Gasteiger partial charge in [-0.1, -0.05) is 17.4 Å². The number of sulfonamides is 1. The van der Waals surface area contributed by atoms with E-state index in [1.165, 1.54) is 23.5 Å². The molecule has 0 aliphatic carbocycles. The van der Waals surface area contributed by atoms with E-state index >= 15 is 0 Å². The fourth-order valence-corrected chi connectivity index (χ4v) is 4.79. The lowest BCUT2D eigenvalue weighted by atomic mass is 10.2. The highest BCUT2D eigenvalue weighted by Crippen LogP contribution is 2.22. The molecular weight excluding hydrogens is 418 g/mol. The minimum absolute atomic E-state index is 0.0192. The van der Waals surface area contributed by atoms with E-state index in [-0.39, 0.29) is 10.8 Å². The van der Waals surface area contributed by atoms with Crippen molar-refractivity contribution in [2.24, 2.45) is 10.1 Å². The van der Waals surface area contributed by atoms with Gasteiger partial charge < -0.3 is 9.30 Å². The molecule has 2 aromatic carbocycles. The van der Waals surface area contributed by atoms with Crippen LogP contribution in [0, 0.1) is 0 Å². The van der Waals surface area contributed by atoms with Crippen LogP contribution in [0.4, 0.5) is 0 Å². The van der Waals surface area contributed by atoms with Gasteiger partial charge in [-0.15, -0.1) is 11.8 Å². The van der Waals surface area contributed by atoms with Crippen LogP contribution in [0.1, 0.15) is 10.4 Å². The van der Waals surface area contributed by atoms with E-state index in [9.17, 15) is 13.2 Å². The Labute approximate surface area is 170 Å². The quantitative estimate of drug-likeness (QED) is 0.597. The van der Waals surface area contributed by atoms with Crippen molar-refractivity contribution in [2.45, 2.75) is 16.3 Å². The number of thioether (sulfide) groups is 1. The molecule has 2 N–H and O–H groups in total. The largest absolute Gasteiger partial charge is 0.383 e. The highest BCUT2D eigenvalue weighted by Gasteiger charge is 2.14. The molecule has 0 saturated carbocycles. The number of aromatic nitrogens is 1. The molecule has 7 nitrogen and oxygen atoms in total. The first-order valence-corrected chi connectivity index (χ1v) is 11.8. The summed E-state index contributed by atoms with van der Waals surface area (Å²) in [5.41, 5.74) is 1.26. The monoisotopic (exact) mass is 437 g/mol. The number of fused-ring (bicyclic) bond motifs is 1. The summed E-state index contributed by atoms with van der Waals surface area (Å²) in [5.74, 6) is -0.361. The number of carbonyl (C=O) groups is 1. The Balaban J connectivity index is 2.14. The van der Waals surface area contributed by atoms with Crippen LogP contribution < -0.4 is 9.94 Å². The number of rotatable bonds is 6. The van der Waals surface area contributed by atoms with E-state index in [0.29, 0.717) is 28.2 Å². The molecule has 0 radical (unpaired) electrons. The van der Waals surface area contributed by atoms with Crippen molar-refractivity contribution in [1.82, 2.24) is 4.57 Å². The van der Waals surface area contributed by atoms with Gasteiger partial charge in [-0.05, 0) is 42.7 Å². The van der Waals surface area contributed by atoms with Gasteiger partial charge >= 0.3 is 0 Å². The van der Waals surface area contributed by atoms with E-state index in [2.05, 4.69) is 4.99 Å². The fourth-order valence-electron chi connectivity index (χ4n) is 2.62. The molecule has 0 atom stereocenters. The zero-order chi connectivity index (χ0) is 20.3. The summed E-state index contributed by atoms with van der Waals surface area (Å²) in [6.45, 7) is 0.897. The van der Waals surface area contributed by atoms with Crippen molar-refractivity contribution in [1.29, 1.82) is 0 Å². The number of methoxy groups -OCH3 is 1. The molecule has 148 valence electrons. The molecule has 10 heteroatoms. The minimum Gasteiger partial charge on any atom is -0.383 e. The third kappa shape index (κ3) is 4.53. The van der Waals surface area contributed by atoms with E-state index in [1.54, 1.807) is 37.1 Å².